The Labute approximate surface area is 476 Å². The summed E-state index contributed by atoms with van der Waals surface area (Å²) in [6.07, 6.45) is 8.48. The molecule has 0 radical (unpaired) electrons. The Morgan fingerprint density at radius 2 is 1.04 bits per heavy atom. The van der Waals surface area contributed by atoms with Crippen molar-refractivity contribution >= 4 is 69.8 Å². The van der Waals surface area contributed by atoms with Gasteiger partial charge in [0, 0.05) is 92.2 Å². The quantitative estimate of drug-likeness (QED) is 0.0314. The minimum absolute atomic E-state index is 0.0533. The van der Waals surface area contributed by atoms with Crippen LogP contribution in [0.15, 0.2) is 85.2 Å². The van der Waals surface area contributed by atoms with Crippen LogP contribution in [0.2, 0.25) is 0 Å². The molecule has 2 aromatic carbocycles. The Morgan fingerprint density at radius 1 is 0.628 bits per heavy atom. The molecule has 5 amide bonds. The zero-order valence-electron chi connectivity index (χ0n) is 47.8. The summed E-state index contributed by atoms with van der Waals surface area (Å²) in [5.74, 6) is 3.88. The van der Waals surface area contributed by atoms with Crippen LogP contribution >= 0.6 is 22.6 Å². The van der Waals surface area contributed by atoms with Crippen LogP contribution in [0, 0.1) is 0 Å². The number of carboxylic acids is 1. The van der Waals surface area contributed by atoms with E-state index in [0.717, 1.165) is 136 Å². The lowest BCUT2D eigenvalue weighted by atomic mass is 10.0. The SMILES string of the molecule is C1CCOC1.CC(=O)N1CCN(c2ccc(CCc3cccc(CC(=O)NNC(=O)OC(C)(C)C)c3)nc2)CC1.CC(=O)N1CCN(c2ccc(CCc3cccc(CC(=O)O)c3)nc2)CC1.CC(C)(C)OC(=O)NN.[2H]CI. The maximum atomic E-state index is 12.2. The third kappa shape index (κ3) is 27.1. The number of amides is 5. The molecular weight excluding hydrogens is 1110 g/mol. The number of benzene rings is 2. The molecule has 0 saturated carbocycles. The van der Waals surface area contributed by atoms with Gasteiger partial charge in [-0.3, -0.25) is 40.0 Å². The number of alkyl halides is 1. The maximum Gasteiger partial charge on any atom is 0.426 e. The number of aromatic nitrogens is 2. The number of hydrazine groups is 2. The van der Waals surface area contributed by atoms with Crippen LogP contribution in [-0.4, -0.2) is 142 Å². The number of ether oxygens (including phenoxy) is 3. The molecule has 6 N–H and O–H groups in total. The van der Waals surface area contributed by atoms with Gasteiger partial charge in [0.2, 0.25) is 17.7 Å². The normalized spacial score (nSPS) is 14.2. The van der Waals surface area contributed by atoms with Gasteiger partial charge in [0.1, 0.15) is 11.2 Å². The topological polar surface area (TPSA) is 251 Å². The van der Waals surface area contributed by atoms with Crippen LogP contribution in [0.4, 0.5) is 21.0 Å². The Bertz CT molecular complexity index is 2480. The summed E-state index contributed by atoms with van der Waals surface area (Å²) < 4.78 is 20.9. The van der Waals surface area contributed by atoms with Crippen LogP contribution < -0.4 is 31.9 Å². The van der Waals surface area contributed by atoms with E-state index in [1.807, 2.05) is 111 Å². The second-order valence-electron chi connectivity index (χ2n) is 20.5. The average Bonchev–Trinajstić information content (AvgIpc) is 4.00. The molecule has 78 heavy (non-hydrogen) atoms. The summed E-state index contributed by atoms with van der Waals surface area (Å²) >= 11 is 1.96. The van der Waals surface area contributed by atoms with Crippen LogP contribution in [0.25, 0.3) is 0 Å². The number of anilines is 2. The number of aliphatic carboxylic acids is 1. The number of pyridine rings is 2. The summed E-state index contributed by atoms with van der Waals surface area (Å²) in [5, 5.41) is 8.91. The first-order valence-corrected chi connectivity index (χ1v) is 27.7. The van der Waals surface area contributed by atoms with Crippen LogP contribution in [0.1, 0.15) is 103 Å². The number of aryl methyl sites for hydroxylation is 4. The Hall–Kier alpha value is -6.59. The fourth-order valence-corrected chi connectivity index (χ4v) is 8.04. The summed E-state index contributed by atoms with van der Waals surface area (Å²) in [4.78, 5) is 85.9. The lowest BCUT2D eigenvalue weighted by Gasteiger charge is -2.35. The van der Waals surface area contributed by atoms with Crippen molar-refractivity contribution in [2.75, 3.05) is 80.3 Å². The van der Waals surface area contributed by atoms with E-state index < -0.39 is 29.4 Å². The Morgan fingerprint density at radius 3 is 1.37 bits per heavy atom. The lowest BCUT2D eigenvalue weighted by molar-refractivity contribution is -0.136. The van der Waals surface area contributed by atoms with Gasteiger partial charge in [-0.15, -0.1) is 0 Å². The predicted molar refractivity (Wildman–Crippen MR) is 311 cm³/mol. The van der Waals surface area contributed by atoms with E-state index in [4.69, 9.17) is 26.5 Å². The Balaban J connectivity index is 0.000000325. The molecule has 2 aromatic heterocycles. The van der Waals surface area contributed by atoms with Crippen molar-refractivity contribution in [2.24, 2.45) is 5.84 Å². The van der Waals surface area contributed by atoms with E-state index in [1.54, 1.807) is 55.4 Å². The number of nitrogens with zero attached hydrogens (tertiary/aromatic N) is 6. The maximum absolute atomic E-state index is 12.2. The van der Waals surface area contributed by atoms with Gasteiger partial charge in [-0.1, -0.05) is 71.1 Å². The molecule has 4 aromatic rings. The molecule has 5 heterocycles. The number of halogens is 1. The van der Waals surface area contributed by atoms with Crippen LogP contribution in [0.3, 0.4) is 0 Å². The standard InChI is InChI=1S/C26H35N5O4.C21H25N3O3.C5H12N2O2.C4H8O.CH3I/c1-19(32)30-12-14-31(15-13-30)23-11-10-22(27-18-23)9-8-20-6-5-7-21(16-20)17-24(33)28-29-25(34)35-26(2,3)4;1-16(25)23-9-11-24(12-10-23)20-8-7-19(22-15-20)6-5-17-3-2-4-18(13-17)14-21(26)27;1-5(2,3)9-4(8)7-6;1-2-4-5-3-1;1-2/h5-7,10-11,16,18H,8-9,12-15,17H2,1-4H3,(H,28,33)(H,29,34);2-4,7-8,13,15H,5-6,9-12,14H2,1H3,(H,26,27);6H2,1-3H3,(H,7,8);1-4H2;1H3/i;;;;1D. The molecule has 0 unspecified atom stereocenters. The number of hydrogen-bond acceptors (Lipinski definition) is 14. The van der Waals surface area contributed by atoms with Gasteiger partial charge < -0.3 is 38.9 Å². The molecular formula is C57H83IN10O10. The van der Waals surface area contributed by atoms with Gasteiger partial charge in [-0.05, 0) is 131 Å². The summed E-state index contributed by atoms with van der Waals surface area (Å²) in [7, 11) is 0. The fourth-order valence-electron chi connectivity index (χ4n) is 8.04. The highest BCUT2D eigenvalue weighted by molar-refractivity contribution is 14.1. The smallest absolute Gasteiger partial charge is 0.426 e. The first kappa shape index (κ1) is 63.9. The average molecular weight is 1200 g/mol. The third-order valence-electron chi connectivity index (χ3n) is 11.9. The summed E-state index contributed by atoms with van der Waals surface area (Å²) in [5.41, 5.74) is 13.5. The molecule has 428 valence electrons. The van der Waals surface area contributed by atoms with Crippen molar-refractivity contribution in [1.82, 2.24) is 36.0 Å². The highest BCUT2D eigenvalue weighted by Crippen LogP contribution is 2.19. The number of rotatable bonds is 12. The van der Waals surface area contributed by atoms with E-state index in [1.165, 1.54) is 12.8 Å². The number of nitrogens with one attached hydrogen (secondary N) is 3. The van der Waals surface area contributed by atoms with Gasteiger partial charge in [0.05, 0.1) is 36.6 Å². The molecule has 3 fully saturated rings. The van der Waals surface area contributed by atoms with Gasteiger partial charge in [0.25, 0.3) is 0 Å². The van der Waals surface area contributed by atoms with Crippen molar-refractivity contribution in [1.29, 1.82) is 0 Å². The number of hydrogen-bond donors (Lipinski definition) is 5. The minimum Gasteiger partial charge on any atom is -0.481 e. The van der Waals surface area contributed by atoms with Crippen molar-refractivity contribution in [2.45, 2.75) is 118 Å². The zero-order chi connectivity index (χ0) is 58.4. The van der Waals surface area contributed by atoms with E-state index >= 15 is 0 Å². The summed E-state index contributed by atoms with van der Waals surface area (Å²) in [6.45, 7) is 22.1. The highest BCUT2D eigenvalue weighted by Gasteiger charge is 2.21. The molecule has 0 spiro atoms. The van der Waals surface area contributed by atoms with E-state index in [0.29, 0.717) is 4.91 Å². The monoisotopic (exact) mass is 1200 g/mol. The molecule has 0 atom stereocenters. The van der Waals surface area contributed by atoms with E-state index in [9.17, 15) is 28.8 Å². The number of carbonyl (C=O) groups excluding carboxylic acids is 5. The summed E-state index contributed by atoms with van der Waals surface area (Å²) in [6, 6.07) is 23.8. The molecule has 0 aliphatic carbocycles. The molecule has 7 rings (SSSR count). The first-order chi connectivity index (χ1) is 37.5. The lowest BCUT2D eigenvalue weighted by Crippen LogP contribution is -2.48. The molecule has 21 heteroatoms. The van der Waals surface area contributed by atoms with Gasteiger partial charge in [-0.25, -0.2) is 20.9 Å². The Kier molecular flexibility index (Phi) is 28.1. The van der Waals surface area contributed by atoms with Crippen molar-refractivity contribution in [3.63, 3.8) is 0 Å². The second-order valence-corrected chi connectivity index (χ2v) is 20.5. The van der Waals surface area contributed by atoms with Crippen LogP contribution in [-0.2, 0) is 71.9 Å². The fraction of sp³-hybridized carbons (Fsp3) is 0.509. The number of nitrogens with two attached hydrogens (primary N) is 1. The van der Waals surface area contributed by atoms with E-state index in [-0.39, 0.29) is 30.6 Å². The van der Waals surface area contributed by atoms with Gasteiger partial charge >= 0.3 is 18.2 Å². The molecule has 3 aliphatic rings. The predicted octanol–water partition coefficient (Wildman–Crippen LogP) is 7.03. The van der Waals surface area contributed by atoms with Crippen molar-refractivity contribution in [3.05, 3.63) is 119 Å². The van der Waals surface area contributed by atoms with Crippen LogP contribution in [0.5, 0.6) is 0 Å². The number of carboxylic acid groups (broad SMARTS) is 1. The zero-order valence-corrected chi connectivity index (χ0v) is 48.9. The third-order valence-corrected chi connectivity index (χ3v) is 11.9. The molecule has 20 nitrogen and oxygen atoms in total. The number of carbonyl (C=O) groups is 6. The molecule has 3 aliphatic heterocycles. The largest absolute Gasteiger partial charge is 0.481 e. The minimum atomic E-state index is -0.812. The van der Waals surface area contributed by atoms with Gasteiger partial charge in [0.15, 0.2) is 0 Å². The highest BCUT2D eigenvalue weighted by atomic mass is 127. The van der Waals surface area contributed by atoms with E-state index in [2.05, 4.69) is 42.8 Å². The van der Waals surface area contributed by atoms with Gasteiger partial charge in [-0.2, -0.15) is 0 Å². The molecule has 0 bridgehead atoms. The van der Waals surface area contributed by atoms with Crippen molar-refractivity contribution in [3.8, 4) is 0 Å². The second kappa shape index (κ2) is 34.3. The van der Waals surface area contributed by atoms with Crippen molar-refractivity contribution < 1.29 is 49.5 Å². The molecule has 3 saturated heterocycles. The number of piperazine rings is 2. The first-order valence-electron chi connectivity index (χ1n) is 26.9.